The zero-order valence-corrected chi connectivity index (χ0v) is 18.1. The maximum Gasteiger partial charge on any atom is 0.187 e. The summed E-state index contributed by atoms with van der Waals surface area (Å²) in [6.07, 6.45) is 3.20. The molecule has 5 rings (SSSR count). The van der Waals surface area contributed by atoms with Gasteiger partial charge in [0.25, 0.3) is 0 Å². The molecule has 154 valence electrons. The molecule has 4 heterocycles. The Kier molecular flexibility index (Phi) is 5.18. The number of hydrogen-bond donors (Lipinski definition) is 1. The van der Waals surface area contributed by atoms with Crippen LogP contribution in [-0.4, -0.2) is 48.9 Å². The van der Waals surface area contributed by atoms with Gasteiger partial charge in [0, 0.05) is 47.4 Å². The summed E-state index contributed by atoms with van der Waals surface area (Å²) in [7, 11) is 0. The van der Waals surface area contributed by atoms with Crippen LogP contribution in [0.2, 0.25) is 0 Å². The van der Waals surface area contributed by atoms with Gasteiger partial charge in [-0.1, -0.05) is 32.0 Å². The second-order valence-electron chi connectivity index (χ2n) is 8.29. The molecule has 1 aliphatic rings. The third-order valence-corrected chi connectivity index (χ3v) is 6.44. The van der Waals surface area contributed by atoms with Gasteiger partial charge in [-0.05, 0) is 36.2 Å². The Hall–Kier alpha value is -2.48. The van der Waals surface area contributed by atoms with E-state index in [1.165, 1.54) is 10.5 Å². The summed E-state index contributed by atoms with van der Waals surface area (Å²) in [5, 5.41) is 10.5. The van der Waals surface area contributed by atoms with E-state index in [1.54, 1.807) is 0 Å². The van der Waals surface area contributed by atoms with Gasteiger partial charge in [-0.3, -0.25) is 9.30 Å². The molecule has 2 N–H and O–H groups in total. The van der Waals surface area contributed by atoms with Crippen LogP contribution in [0.4, 0.5) is 0 Å². The lowest BCUT2D eigenvalue weighted by Crippen LogP contribution is -2.26. The molecule has 0 spiro atoms. The van der Waals surface area contributed by atoms with E-state index < -0.39 is 0 Å². The summed E-state index contributed by atoms with van der Waals surface area (Å²) >= 11 is 1.85. The van der Waals surface area contributed by atoms with Gasteiger partial charge in [-0.25, -0.2) is 4.98 Å². The lowest BCUT2D eigenvalue weighted by atomic mass is 10.2. The number of fused-ring (bicyclic) bond motifs is 2. The van der Waals surface area contributed by atoms with Crippen molar-refractivity contribution in [2.24, 2.45) is 5.73 Å². The number of thioether (sulfide) groups is 1. The molecule has 1 atom stereocenters. The first-order valence-electron chi connectivity index (χ1n) is 10.4. The summed E-state index contributed by atoms with van der Waals surface area (Å²) < 4.78 is 2.05. The van der Waals surface area contributed by atoms with Crippen LogP contribution in [0.25, 0.3) is 28.1 Å². The van der Waals surface area contributed by atoms with Gasteiger partial charge in [0.15, 0.2) is 11.5 Å². The molecule has 0 saturated carbocycles. The smallest absolute Gasteiger partial charge is 0.187 e. The third-order valence-electron chi connectivity index (χ3n) is 5.44. The van der Waals surface area contributed by atoms with Crippen molar-refractivity contribution in [3.05, 3.63) is 54.2 Å². The van der Waals surface area contributed by atoms with E-state index in [1.807, 2.05) is 28.3 Å². The van der Waals surface area contributed by atoms with Crippen LogP contribution in [-0.2, 0) is 6.54 Å². The molecule has 0 amide bonds. The van der Waals surface area contributed by atoms with Crippen LogP contribution in [0.3, 0.4) is 0 Å². The lowest BCUT2D eigenvalue weighted by molar-refractivity contribution is 0.326. The van der Waals surface area contributed by atoms with Crippen molar-refractivity contribution in [1.29, 1.82) is 0 Å². The second kappa shape index (κ2) is 7.98. The van der Waals surface area contributed by atoms with Gasteiger partial charge in [-0.2, -0.15) is 0 Å². The van der Waals surface area contributed by atoms with Crippen LogP contribution in [0.15, 0.2) is 53.6 Å². The van der Waals surface area contributed by atoms with Crippen molar-refractivity contribution in [3.8, 4) is 11.5 Å². The van der Waals surface area contributed by atoms with Crippen molar-refractivity contribution in [2.75, 3.05) is 13.1 Å². The van der Waals surface area contributed by atoms with Gasteiger partial charge in [-0.15, -0.1) is 22.0 Å². The highest BCUT2D eigenvalue weighted by molar-refractivity contribution is 7.99. The van der Waals surface area contributed by atoms with Crippen LogP contribution in [0.1, 0.15) is 25.8 Å². The van der Waals surface area contributed by atoms with E-state index in [-0.39, 0.29) is 0 Å². The Morgan fingerprint density at radius 2 is 2.00 bits per heavy atom. The first-order valence-corrected chi connectivity index (χ1v) is 11.3. The molecule has 30 heavy (non-hydrogen) atoms. The number of hydrogen-bond acceptors (Lipinski definition) is 6. The van der Waals surface area contributed by atoms with Crippen LogP contribution < -0.4 is 5.73 Å². The fourth-order valence-electron chi connectivity index (χ4n) is 4.03. The highest BCUT2D eigenvalue weighted by Gasteiger charge is 2.19. The van der Waals surface area contributed by atoms with Gasteiger partial charge < -0.3 is 5.73 Å². The number of rotatable bonds is 5. The van der Waals surface area contributed by atoms with Crippen molar-refractivity contribution < 1.29 is 0 Å². The topological polar surface area (TPSA) is 72.3 Å². The van der Waals surface area contributed by atoms with Crippen LogP contribution in [0.5, 0.6) is 0 Å². The van der Waals surface area contributed by atoms with Crippen molar-refractivity contribution in [3.63, 3.8) is 0 Å². The largest absolute Gasteiger partial charge is 0.326 e. The molecule has 1 fully saturated rings. The van der Waals surface area contributed by atoms with Crippen LogP contribution >= 0.6 is 11.8 Å². The average Bonchev–Trinajstić information content (AvgIpc) is 3.32. The molecule has 4 aromatic rings. The molecule has 0 bridgehead atoms. The Morgan fingerprint density at radius 1 is 1.13 bits per heavy atom. The maximum atomic E-state index is 6.06. The van der Waals surface area contributed by atoms with E-state index >= 15 is 0 Å². The lowest BCUT2D eigenvalue weighted by Gasteiger charge is -2.15. The minimum atomic E-state index is 0.291. The molecule has 1 saturated heterocycles. The van der Waals surface area contributed by atoms with E-state index in [9.17, 15) is 0 Å². The van der Waals surface area contributed by atoms with Gasteiger partial charge in [0.05, 0.1) is 5.52 Å². The predicted octanol–water partition coefficient (Wildman–Crippen LogP) is 3.98. The molecule has 6 nitrogen and oxygen atoms in total. The monoisotopic (exact) mass is 418 g/mol. The van der Waals surface area contributed by atoms with Crippen LogP contribution in [0, 0.1) is 0 Å². The molecule has 0 aliphatic carbocycles. The van der Waals surface area contributed by atoms with Crippen molar-refractivity contribution in [1.82, 2.24) is 24.5 Å². The van der Waals surface area contributed by atoms with E-state index in [0.29, 0.717) is 11.3 Å². The number of aromatic nitrogens is 4. The number of benzene rings is 1. The summed E-state index contributed by atoms with van der Waals surface area (Å²) in [6.45, 7) is 7.30. The normalized spacial score (nSPS) is 17.5. The molecule has 7 heteroatoms. The number of pyridine rings is 2. The molecular weight excluding hydrogens is 392 g/mol. The maximum absolute atomic E-state index is 6.06. The van der Waals surface area contributed by atoms with E-state index in [2.05, 4.69) is 65.5 Å². The average molecular weight is 419 g/mol. The minimum Gasteiger partial charge on any atom is -0.326 e. The zero-order chi connectivity index (χ0) is 20.7. The number of likely N-dealkylation sites (tertiary alicyclic amines) is 1. The Morgan fingerprint density at radius 3 is 2.80 bits per heavy atom. The Bertz CT molecular complexity index is 1200. The molecule has 1 aliphatic heterocycles. The highest BCUT2D eigenvalue weighted by atomic mass is 32.2. The second-order valence-corrected chi connectivity index (χ2v) is 9.94. The van der Waals surface area contributed by atoms with E-state index in [0.717, 1.165) is 54.1 Å². The third kappa shape index (κ3) is 3.93. The van der Waals surface area contributed by atoms with Crippen molar-refractivity contribution >= 4 is 28.3 Å². The van der Waals surface area contributed by atoms with Gasteiger partial charge in [0.1, 0.15) is 5.69 Å². The molecule has 3 aromatic heterocycles. The summed E-state index contributed by atoms with van der Waals surface area (Å²) in [5.74, 6) is 0.772. The fourth-order valence-corrected chi connectivity index (χ4v) is 4.90. The predicted molar refractivity (Wildman–Crippen MR) is 123 cm³/mol. The first-order chi connectivity index (χ1) is 14.5. The fraction of sp³-hybridized carbons (Fsp3) is 0.348. The SMILES string of the molecule is CC(C)Sc1ccc2ccc(-c3nnc4ccc(CN5CCC(N)C5)cn34)nc2c1. The zero-order valence-electron chi connectivity index (χ0n) is 17.3. The highest BCUT2D eigenvalue weighted by Crippen LogP contribution is 2.28. The summed E-state index contributed by atoms with van der Waals surface area (Å²) in [6, 6.07) is 15.0. The quantitative estimate of drug-likeness (QED) is 0.494. The molecular formula is C23H26N6S. The Balaban J connectivity index is 1.50. The minimum absolute atomic E-state index is 0.291. The van der Waals surface area contributed by atoms with Gasteiger partial charge in [0.2, 0.25) is 0 Å². The number of nitrogens with zero attached hydrogens (tertiary/aromatic N) is 5. The molecule has 1 aromatic carbocycles. The van der Waals surface area contributed by atoms with E-state index in [4.69, 9.17) is 10.7 Å². The summed E-state index contributed by atoms with van der Waals surface area (Å²) in [5.41, 5.74) is 9.94. The van der Waals surface area contributed by atoms with Crippen molar-refractivity contribution in [2.45, 2.75) is 43.0 Å². The Labute approximate surface area is 180 Å². The summed E-state index contributed by atoms with van der Waals surface area (Å²) in [4.78, 5) is 8.55. The molecule has 1 unspecified atom stereocenters. The van der Waals surface area contributed by atoms with Gasteiger partial charge >= 0.3 is 0 Å². The first kappa shape index (κ1) is 19.5. The molecule has 0 radical (unpaired) electrons. The number of nitrogens with two attached hydrogens (primary N) is 1. The standard InChI is InChI=1S/C23H26N6S/c1-15(2)30-19-6-4-17-5-7-20(25-21(17)11-19)23-27-26-22-8-3-16(13-29(22)23)12-28-10-9-18(24)14-28/h3-8,11,13,15,18H,9-10,12,14,24H2,1-2H3.